The minimum absolute atomic E-state index is 0.0404. The number of alkyl halides is 6. The van der Waals surface area contributed by atoms with E-state index in [1.165, 1.54) is 20.0 Å². The predicted molar refractivity (Wildman–Crippen MR) is 142 cm³/mol. The predicted octanol–water partition coefficient (Wildman–Crippen LogP) is 6.76. The van der Waals surface area contributed by atoms with Gasteiger partial charge in [-0.25, -0.2) is 0 Å². The first kappa shape index (κ1) is 31.7. The average molecular weight is 598 g/mol. The average Bonchev–Trinajstić information content (AvgIpc) is 2.92. The number of rotatable bonds is 9. The summed E-state index contributed by atoms with van der Waals surface area (Å²) in [5.41, 5.74) is -2.36. The van der Waals surface area contributed by atoms with Crippen LogP contribution in [0.25, 0.3) is 0 Å². The largest absolute Gasteiger partial charge is 0.416 e. The van der Waals surface area contributed by atoms with Gasteiger partial charge in [0, 0.05) is 48.1 Å². The molecule has 0 saturated carbocycles. The molecule has 1 heterocycles. The van der Waals surface area contributed by atoms with E-state index in [1.54, 1.807) is 42.6 Å². The number of carbonyl (C=O) groups excluding carboxylic acids is 2. The van der Waals surface area contributed by atoms with Gasteiger partial charge < -0.3 is 10.2 Å². The summed E-state index contributed by atoms with van der Waals surface area (Å²) in [6.07, 6.45) is -6.59. The number of hydrogen-bond donors (Lipinski definition) is 1. The van der Waals surface area contributed by atoms with Crippen molar-refractivity contribution in [2.45, 2.75) is 38.2 Å². The van der Waals surface area contributed by atoms with Crippen molar-refractivity contribution >= 4 is 23.4 Å². The molecular formula is C29H26ClF6N3O2. The van der Waals surface area contributed by atoms with E-state index >= 15 is 0 Å². The van der Waals surface area contributed by atoms with Crippen molar-refractivity contribution in [2.24, 2.45) is 0 Å². The second kappa shape index (κ2) is 13.2. The zero-order valence-electron chi connectivity index (χ0n) is 22.0. The van der Waals surface area contributed by atoms with E-state index in [-0.39, 0.29) is 24.6 Å². The summed E-state index contributed by atoms with van der Waals surface area (Å²) < 4.78 is 80.3. The zero-order valence-corrected chi connectivity index (χ0v) is 22.7. The number of hydrogen-bond acceptors (Lipinski definition) is 3. The molecule has 0 aliphatic carbocycles. The molecule has 0 fully saturated rings. The lowest BCUT2D eigenvalue weighted by Crippen LogP contribution is -2.38. The third-order valence-corrected chi connectivity index (χ3v) is 6.46. The number of nitrogens with one attached hydrogen (secondary N) is 1. The number of carbonyl (C=O) groups is 2. The molecule has 0 saturated heterocycles. The van der Waals surface area contributed by atoms with E-state index < -0.39 is 46.9 Å². The van der Waals surface area contributed by atoms with E-state index in [4.69, 9.17) is 11.6 Å². The lowest BCUT2D eigenvalue weighted by molar-refractivity contribution is -0.143. The van der Waals surface area contributed by atoms with Gasteiger partial charge in [0.05, 0.1) is 17.2 Å². The van der Waals surface area contributed by atoms with Gasteiger partial charge in [-0.05, 0) is 61.4 Å². The van der Waals surface area contributed by atoms with Crippen LogP contribution in [0.1, 0.15) is 39.7 Å². The Labute approximate surface area is 237 Å². The van der Waals surface area contributed by atoms with Crippen LogP contribution in [-0.2, 0) is 30.0 Å². The fourth-order valence-corrected chi connectivity index (χ4v) is 4.08. The van der Waals surface area contributed by atoms with E-state index in [1.807, 2.05) is 6.07 Å². The number of halogens is 7. The van der Waals surface area contributed by atoms with Gasteiger partial charge in [-0.2, -0.15) is 26.3 Å². The van der Waals surface area contributed by atoms with Crippen LogP contribution >= 0.6 is 11.6 Å². The van der Waals surface area contributed by atoms with Crippen molar-refractivity contribution in [2.75, 3.05) is 13.6 Å². The molecule has 12 heteroatoms. The fourth-order valence-electron chi connectivity index (χ4n) is 3.96. The molecule has 1 unspecified atom stereocenters. The van der Waals surface area contributed by atoms with E-state index in [0.717, 1.165) is 10.6 Å². The van der Waals surface area contributed by atoms with Crippen LogP contribution in [0.3, 0.4) is 0 Å². The van der Waals surface area contributed by atoms with Crippen LogP contribution < -0.4 is 5.32 Å². The molecule has 5 nitrogen and oxygen atoms in total. The van der Waals surface area contributed by atoms with Crippen molar-refractivity contribution in [3.05, 3.63) is 111 Å². The summed E-state index contributed by atoms with van der Waals surface area (Å²) in [4.78, 5) is 31.3. The van der Waals surface area contributed by atoms with Crippen LogP contribution in [0.2, 0.25) is 5.02 Å². The molecule has 0 aliphatic heterocycles. The first-order chi connectivity index (χ1) is 19.1. The van der Waals surface area contributed by atoms with Gasteiger partial charge in [0.15, 0.2) is 0 Å². The van der Waals surface area contributed by atoms with Crippen molar-refractivity contribution in [3.63, 3.8) is 0 Å². The maximum Gasteiger partial charge on any atom is 0.416 e. The first-order valence-corrected chi connectivity index (χ1v) is 12.7. The minimum Gasteiger partial charge on any atom is -0.352 e. The highest BCUT2D eigenvalue weighted by Crippen LogP contribution is 2.36. The Kier molecular flexibility index (Phi) is 10.2. The van der Waals surface area contributed by atoms with Gasteiger partial charge in [0.1, 0.15) is 0 Å². The highest BCUT2D eigenvalue weighted by atomic mass is 35.5. The molecular weight excluding hydrogens is 572 g/mol. The Hall–Kier alpha value is -3.86. The molecule has 0 radical (unpaired) electrons. The summed E-state index contributed by atoms with van der Waals surface area (Å²) in [7, 11) is 1.25. The Morgan fingerprint density at radius 3 is 2.12 bits per heavy atom. The number of aromatic nitrogens is 1. The summed E-state index contributed by atoms with van der Waals surface area (Å²) in [5, 5.41) is 3.18. The van der Waals surface area contributed by atoms with Crippen LogP contribution in [0.5, 0.6) is 0 Å². The second-order valence-corrected chi connectivity index (χ2v) is 9.72. The number of nitrogens with zero attached hydrogens (tertiary/aromatic N) is 2. The summed E-state index contributed by atoms with van der Waals surface area (Å²) >= 11 is 5.95. The standard InChI is InChI=1S/C29H26ClF6N3O2/c1-18(26(40)38-12-10-24-5-3-4-11-37-24)13-25(14-19-6-8-23(30)9-7-19)39(2)27(41)20-15-21(28(31,32)33)17-22(16-20)29(34,35)36/h3-9,11,13,15-17,25H,10,12,14H2,1-2H3,(H,38,40). The summed E-state index contributed by atoms with van der Waals surface area (Å²) in [6, 6.07) is 11.7. The van der Waals surface area contributed by atoms with Gasteiger partial charge in [-0.1, -0.05) is 35.9 Å². The molecule has 3 aromatic rings. The molecule has 1 aromatic heterocycles. The van der Waals surface area contributed by atoms with Gasteiger partial charge in [0.2, 0.25) is 5.91 Å². The topological polar surface area (TPSA) is 62.3 Å². The summed E-state index contributed by atoms with van der Waals surface area (Å²) in [6.45, 7) is 1.76. The Bertz CT molecular complexity index is 1360. The maximum absolute atomic E-state index is 13.4. The van der Waals surface area contributed by atoms with Crippen LogP contribution in [-0.4, -0.2) is 41.3 Å². The highest BCUT2D eigenvalue weighted by molar-refractivity contribution is 6.30. The molecule has 41 heavy (non-hydrogen) atoms. The third-order valence-electron chi connectivity index (χ3n) is 6.20. The molecule has 2 aromatic carbocycles. The first-order valence-electron chi connectivity index (χ1n) is 12.3. The smallest absolute Gasteiger partial charge is 0.352 e. The number of benzene rings is 2. The van der Waals surface area contributed by atoms with Crippen molar-refractivity contribution in [1.29, 1.82) is 0 Å². The Balaban J connectivity index is 1.90. The SMILES string of the molecule is CC(=CC(Cc1ccc(Cl)cc1)N(C)C(=O)c1cc(C(F)(F)F)cc(C(F)(F)F)c1)C(=O)NCCc1ccccn1. The van der Waals surface area contributed by atoms with Gasteiger partial charge >= 0.3 is 12.4 Å². The number of pyridine rings is 1. The minimum atomic E-state index is -5.11. The second-order valence-electron chi connectivity index (χ2n) is 9.29. The molecule has 1 N–H and O–H groups in total. The van der Waals surface area contributed by atoms with Crippen LogP contribution in [0.4, 0.5) is 26.3 Å². The van der Waals surface area contributed by atoms with Gasteiger partial charge in [-0.15, -0.1) is 0 Å². The molecule has 218 valence electrons. The quantitative estimate of drug-likeness (QED) is 0.219. The monoisotopic (exact) mass is 597 g/mol. The fraction of sp³-hybridized carbons (Fsp3) is 0.276. The highest BCUT2D eigenvalue weighted by Gasteiger charge is 2.38. The molecule has 3 rings (SSSR count). The molecule has 0 spiro atoms. The summed E-state index contributed by atoms with van der Waals surface area (Å²) in [5.74, 6) is -1.54. The maximum atomic E-state index is 13.4. The molecule has 2 amide bonds. The zero-order chi connectivity index (χ0) is 30.4. The van der Waals surface area contributed by atoms with Crippen molar-refractivity contribution in [3.8, 4) is 0 Å². The Morgan fingerprint density at radius 2 is 1.59 bits per heavy atom. The van der Waals surface area contributed by atoms with Crippen LogP contribution in [0.15, 0.2) is 78.5 Å². The van der Waals surface area contributed by atoms with E-state index in [0.29, 0.717) is 29.1 Å². The van der Waals surface area contributed by atoms with Crippen molar-refractivity contribution in [1.82, 2.24) is 15.2 Å². The van der Waals surface area contributed by atoms with E-state index in [9.17, 15) is 35.9 Å². The Morgan fingerprint density at radius 1 is 0.976 bits per heavy atom. The molecule has 0 aliphatic rings. The van der Waals surface area contributed by atoms with Gasteiger partial charge in [0.25, 0.3) is 5.91 Å². The normalized spacial score (nSPS) is 13.0. The number of amides is 2. The molecule has 0 bridgehead atoms. The number of likely N-dealkylation sites (N-methyl/N-ethyl adjacent to an activating group) is 1. The molecule has 1 atom stereocenters. The lowest BCUT2D eigenvalue weighted by atomic mass is 10.00. The van der Waals surface area contributed by atoms with E-state index in [2.05, 4.69) is 10.3 Å². The third kappa shape index (κ3) is 9.07. The van der Waals surface area contributed by atoms with Gasteiger partial charge in [-0.3, -0.25) is 14.6 Å². The van der Waals surface area contributed by atoms with Crippen molar-refractivity contribution < 1.29 is 35.9 Å². The van der Waals surface area contributed by atoms with Crippen LogP contribution in [0, 0.1) is 0 Å². The lowest BCUT2D eigenvalue weighted by Gasteiger charge is -2.27.